The zero-order valence-corrected chi connectivity index (χ0v) is 13.1. The summed E-state index contributed by atoms with van der Waals surface area (Å²) in [5.74, 6) is 0.496. The highest BCUT2D eigenvalue weighted by molar-refractivity contribution is 14.1. The molecule has 2 rings (SSSR count). The molecule has 0 amide bonds. The van der Waals surface area contributed by atoms with Gasteiger partial charge in [0.15, 0.2) is 5.82 Å². The van der Waals surface area contributed by atoms with Crippen molar-refractivity contribution < 1.29 is 8.42 Å². The molecule has 0 aliphatic rings. The van der Waals surface area contributed by atoms with Gasteiger partial charge in [-0.3, -0.25) is 4.57 Å². The van der Waals surface area contributed by atoms with Gasteiger partial charge < -0.3 is 0 Å². The third-order valence-electron chi connectivity index (χ3n) is 2.33. The average Bonchev–Trinajstić information content (AvgIpc) is 2.72. The summed E-state index contributed by atoms with van der Waals surface area (Å²) in [7, 11) is 1.44. The van der Waals surface area contributed by atoms with Crippen LogP contribution in [0.1, 0.15) is 6.92 Å². The highest BCUT2D eigenvalue weighted by Crippen LogP contribution is 2.23. The minimum Gasteiger partial charge on any atom is -0.297 e. The molecule has 1 aromatic carbocycles. The monoisotopic (exact) mass is 397 g/mol. The van der Waals surface area contributed by atoms with Crippen molar-refractivity contribution in [1.29, 1.82) is 0 Å². The van der Waals surface area contributed by atoms with Crippen LogP contribution in [0, 0.1) is 3.57 Å². The molecule has 0 bridgehead atoms. The Bertz CT molecular complexity index is 684. The van der Waals surface area contributed by atoms with Crippen LogP contribution >= 0.6 is 33.3 Å². The van der Waals surface area contributed by atoms with Gasteiger partial charge in [0.05, 0.1) is 0 Å². The van der Waals surface area contributed by atoms with Crippen LogP contribution in [0.3, 0.4) is 0 Å². The molecule has 0 unspecified atom stereocenters. The van der Waals surface area contributed by atoms with Crippen LogP contribution in [0.5, 0.6) is 0 Å². The Labute approximate surface area is 123 Å². The third kappa shape index (κ3) is 2.67. The van der Waals surface area contributed by atoms with Crippen molar-refractivity contribution in [3.05, 3.63) is 27.8 Å². The lowest BCUT2D eigenvalue weighted by Crippen LogP contribution is -2.06. The third-order valence-corrected chi connectivity index (χ3v) is 4.16. The largest absolute Gasteiger partial charge is 0.297 e. The van der Waals surface area contributed by atoms with Crippen molar-refractivity contribution in [2.45, 2.75) is 18.6 Å². The van der Waals surface area contributed by atoms with E-state index in [9.17, 15) is 8.42 Å². The zero-order chi connectivity index (χ0) is 13.3. The molecule has 0 saturated heterocycles. The second-order valence-corrected chi connectivity index (χ2v) is 7.20. The molecule has 18 heavy (non-hydrogen) atoms. The molecule has 0 N–H and O–H groups in total. The number of hydrogen-bond donors (Lipinski definition) is 0. The van der Waals surface area contributed by atoms with Gasteiger partial charge in [0.1, 0.15) is 0 Å². The van der Waals surface area contributed by atoms with Crippen molar-refractivity contribution in [2.75, 3.05) is 0 Å². The number of aromatic nitrogens is 3. The minimum absolute atomic E-state index is 0.222. The van der Waals surface area contributed by atoms with Crippen LogP contribution in [-0.4, -0.2) is 23.2 Å². The van der Waals surface area contributed by atoms with Crippen molar-refractivity contribution in [1.82, 2.24) is 14.8 Å². The molecule has 2 aromatic rings. The van der Waals surface area contributed by atoms with Gasteiger partial charge in [-0.15, -0.1) is 10.2 Å². The summed E-state index contributed by atoms with van der Waals surface area (Å²) in [6.07, 6.45) is 0. The Hall–Kier alpha value is -0.670. The summed E-state index contributed by atoms with van der Waals surface area (Å²) in [4.78, 5) is 0. The summed E-state index contributed by atoms with van der Waals surface area (Å²) in [6, 6.07) is 7.57. The topological polar surface area (TPSA) is 64.8 Å². The molecule has 1 aromatic heterocycles. The van der Waals surface area contributed by atoms with E-state index in [-0.39, 0.29) is 5.16 Å². The van der Waals surface area contributed by atoms with Gasteiger partial charge in [-0.2, -0.15) is 0 Å². The molecule has 0 radical (unpaired) electrons. The van der Waals surface area contributed by atoms with E-state index in [0.29, 0.717) is 12.4 Å². The van der Waals surface area contributed by atoms with Crippen LogP contribution in [0.2, 0.25) is 0 Å². The highest BCUT2D eigenvalue weighted by atomic mass is 127. The van der Waals surface area contributed by atoms with Gasteiger partial charge in [0.2, 0.25) is 0 Å². The number of benzene rings is 1. The Morgan fingerprint density at radius 1 is 1.39 bits per heavy atom. The van der Waals surface area contributed by atoms with Gasteiger partial charge in [-0.05, 0) is 41.6 Å². The minimum atomic E-state index is -3.88. The lowest BCUT2D eigenvalue weighted by molar-refractivity contribution is 0.583. The van der Waals surface area contributed by atoms with Gasteiger partial charge >= 0.3 is 0 Å². The molecular formula is C10H9ClIN3O2S. The standard InChI is InChI=1S/C10H9ClIN3O2S/c1-2-15-9(7-4-3-5-8(12)6-7)13-14-10(15)18(11,16)17/h3-6H,2H2,1H3. The predicted octanol–water partition coefficient (Wildman–Crippen LogP) is 2.50. The first-order valence-electron chi connectivity index (χ1n) is 5.07. The first kappa shape index (κ1) is 13.8. The Morgan fingerprint density at radius 2 is 2.11 bits per heavy atom. The fourth-order valence-electron chi connectivity index (χ4n) is 1.60. The van der Waals surface area contributed by atoms with Crippen molar-refractivity contribution >= 4 is 42.3 Å². The Balaban J connectivity index is 2.63. The van der Waals surface area contributed by atoms with E-state index in [1.54, 1.807) is 0 Å². The van der Waals surface area contributed by atoms with Crippen LogP contribution in [-0.2, 0) is 15.6 Å². The predicted molar refractivity (Wildman–Crippen MR) is 76.9 cm³/mol. The fraction of sp³-hybridized carbons (Fsp3) is 0.200. The Kier molecular flexibility index (Phi) is 3.93. The van der Waals surface area contributed by atoms with Crippen LogP contribution in [0.4, 0.5) is 0 Å². The van der Waals surface area contributed by atoms with Crippen LogP contribution in [0.25, 0.3) is 11.4 Å². The molecule has 0 aliphatic carbocycles. The van der Waals surface area contributed by atoms with E-state index in [1.807, 2.05) is 31.2 Å². The number of halogens is 2. The molecule has 0 aliphatic heterocycles. The van der Waals surface area contributed by atoms with E-state index in [4.69, 9.17) is 10.7 Å². The smallest absolute Gasteiger partial charge is 0.296 e. The maximum Gasteiger partial charge on any atom is 0.296 e. The second kappa shape index (κ2) is 5.14. The van der Waals surface area contributed by atoms with Gasteiger partial charge in [0, 0.05) is 26.4 Å². The van der Waals surface area contributed by atoms with Crippen LogP contribution < -0.4 is 0 Å². The lowest BCUT2D eigenvalue weighted by atomic mass is 10.2. The summed E-state index contributed by atoms with van der Waals surface area (Å²) in [5.41, 5.74) is 0.808. The summed E-state index contributed by atoms with van der Waals surface area (Å²) >= 11 is 2.18. The molecule has 0 atom stereocenters. The first-order valence-corrected chi connectivity index (χ1v) is 8.46. The molecule has 1 heterocycles. The highest BCUT2D eigenvalue weighted by Gasteiger charge is 2.22. The van der Waals surface area contributed by atoms with E-state index in [2.05, 4.69) is 32.8 Å². The van der Waals surface area contributed by atoms with E-state index < -0.39 is 9.05 Å². The van der Waals surface area contributed by atoms with Crippen molar-refractivity contribution in [3.63, 3.8) is 0 Å². The first-order chi connectivity index (χ1) is 8.43. The molecule has 0 fully saturated rings. The van der Waals surface area contributed by atoms with E-state index in [0.717, 1.165) is 9.13 Å². The lowest BCUT2D eigenvalue weighted by Gasteiger charge is -2.05. The molecule has 5 nitrogen and oxygen atoms in total. The molecular weight excluding hydrogens is 389 g/mol. The van der Waals surface area contributed by atoms with E-state index >= 15 is 0 Å². The van der Waals surface area contributed by atoms with Gasteiger partial charge in [0.25, 0.3) is 14.2 Å². The van der Waals surface area contributed by atoms with Crippen LogP contribution in [0.15, 0.2) is 29.4 Å². The van der Waals surface area contributed by atoms with E-state index in [1.165, 1.54) is 4.57 Å². The van der Waals surface area contributed by atoms with Gasteiger partial charge in [-0.1, -0.05) is 12.1 Å². The van der Waals surface area contributed by atoms with Crippen molar-refractivity contribution in [3.8, 4) is 11.4 Å². The normalized spacial score (nSPS) is 11.7. The molecule has 96 valence electrons. The average molecular weight is 398 g/mol. The second-order valence-electron chi connectivity index (χ2n) is 3.50. The zero-order valence-electron chi connectivity index (χ0n) is 9.34. The summed E-state index contributed by atoms with van der Waals surface area (Å²) in [6.45, 7) is 2.24. The maximum atomic E-state index is 11.4. The number of nitrogens with zero attached hydrogens (tertiary/aromatic N) is 3. The number of hydrogen-bond acceptors (Lipinski definition) is 4. The maximum absolute atomic E-state index is 11.4. The Morgan fingerprint density at radius 3 is 2.67 bits per heavy atom. The van der Waals surface area contributed by atoms with Crippen molar-refractivity contribution in [2.24, 2.45) is 0 Å². The molecule has 0 saturated carbocycles. The summed E-state index contributed by atoms with van der Waals surface area (Å²) < 4.78 is 25.2. The fourth-order valence-corrected chi connectivity index (χ4v) is 3.10. The SMILES string of the molecule is CCn1c(-c2cccc(I)c2)nnc1S(=O)(=O)Cl. The quantitative estimate of drug-likeness (QED) is 0.590. The molecule has 8 heteroatoms. The number of rotatable bonds is 3. The van der Waals surface area contributed by atoms with Gasteiger partial charge in [-0.25, -0.2) is 8.42 Å². The molecule has 0 spiro atoms. The summed E-state index contributed by atoms with van der Waals surface area (Å²) in [5, 5.41) is 7.34.